The van der Waals surface area contributed by atoms with Crippen LogP contribution in [0, 0.1) is 17.8 Å². The summed E-state index contributed by atoms with van der Waals surface area (Å²) in [6.07, 6.45) is 1.78. The number of carbonyl (C=O) groups excluding carboxylic acids is 1. The summed E-state index contributed by atoms with van der Waals surface area (Å²) in [5, 5.41) is -0.449. The van der Waals surface area contributed by atoms with Crippen LogP contribution < -0.4 is 4.72 Å². The topological polar surface area (TPSA) is 66.5 Å². The fourth-order valence-corrected chi connectivity index (χ4v) is 3.34. The normalized spacial score (nSPS) is 18.1. The van der Waals surface area contributed by atoms with Gasteiger partial charge in [0.25, 0.3) is 5.91 Å². The fraction of sp³-hybridized carbons (Fsp3) is 0.500. The number of hydrogen-bond acceptors (Lipinski definition) is 3. The molecule has 0 bridgehead atoms. The van der Waals surface area contributed by atoms with Crippen molar-refractivity contribution < 1.29 is 13.2 Å². The van der Waals surface area contributed by atoms with Gasteiger partial charge in [-0.05, 0) is 44.7 Å². The lowest BCUT2D eigenvalue weighted by Crippen LogP contribution is -2.44. The first-order chi connectivity index (χ1) is 11.4. The molecule has 0 unspecified atom stereocenters. The van der Waals surface area contributed by atoms with Gasteiger partial charge in [0.2, 0.25) is 10.0 Å². The van der Waals surface area contributed by atoms with Crippen LogP contribution in [-0.4, -0.2) is 44.1 Å². The molecule has 1 aromatic rings. The van der Waals surface area contributed by atoms with Crippen molar-refractivity contribution in [2.45, 2.75) is 31.9 Å². The standard InChI is InChI=1S/C18H24N2O3S/c1-15(2)24(22,23)19-13-17-9-6-12-20(14-17)18(21)11-10-16-7-4-3-5-8-16/h3-5,7-8,15,17,19H,6,9,12-14H2,1-2H3/t17-/m1/s1. The second kappa shape index (κ2) is 8.32. The number of nitrogens with zero attached hydrogens (tertiary/aromatic N) is 1. The van der Waals surface area contributed by atoms with E-state index in [0.29, 0.717) is 19.6 Å². The van der Waals surface area contributed by atoms with Crippen molar-refractivity contribution in [2.24, 2.45) is 5.92 Å². The van der Waals surface area contributed by atoms with Gasteiger partial charge in [-0.1, -0.05) is 24.1 Å². The second-order valence-electron chi connectivity index (χ2n) is 6.32. The minimum Gasteiger partial charge on any atom is -0.332 e. The van der Waals surface area contributed by atoms with Crippen molar-refractivity contribution in [1.29, 1.82) is 0 Å². The van der Waals surface area contributed by atoms with E-state index >= 15 is 0 Å². The Balaban J connectivity index is 1.91. The van der Waals surface area contributed by atoms with E-state index in [1.807, 2.05) is 30.3 Å². The molecule has 0 saturated carbocycles. The fourth-order valence-electron chi connectivity index (χ4n) is 2.54. The second-order valence-corrected chi connectivity index (χ2v) is 8.64. The van der Waals surface area contributed by atoms with Gasteiger partial charge in [0.15, 0.2) is 0 Å². The van der Waals surface area contributed by atoms with Crippen molar-refractivity contribution in [3.63, 3.8) is 0 Å². The zero-order valence-corrected chi connectivity index (χ0v) is 15.0. The van der Waals surface area contributed by atoms with Crippen molar-refractivity contribution in [1.82, 2.24) is 9.62 Å². The van der Waals surface area contributed by atoms with Crippen molar-refractivity contribution in [2.75, 3.05) is 19.6 Å². The third-order valence-electron chi connectivity index (χ3n) is 4.09. The van der Waals surface area contributed by atoms with Gasteiger partial charge in [-0.15, -0.1) is 0 Å². The molecule has 24 heavy (non-hydrogen) atoms. The summed E-state index contributed by atoms with van der Waals surface area (Å²) in [6.45, 7) is 4.89. The van der Waals surface area contributed by atoms with E-state index in [0.717, 1.165) is 18.4 Å². The van der Waals surface area contributed by atoms with Gasteiger partial charge in [0.05, 0.1) is 5.25 Å². The molecule has 1 N–H and O–H groups in total. The maximum Gasteiger partial charge on any atom is 0.298 e. The molecule has 1 atom stereocenters. The van der Waals surface area contributed by atoms with Crippen molar-refractivity contribution in [3.8, 4) is 11.8 Å². The molecule has 1 aromatic carbocycles. The van der Waals surface area contributed by atoms with Crippen molar-refractivity contribution in [3.05, 3.63) is 35.9 Å². The predicted octanol–water partition coefficient (Wildman–Crippen LogP) is 1.60. The Bertz CT molecular complexity index is 718. The van der Waals surface area contributed by atoms with Gasteiger partial charge in [-0.3, -0.25) is 4.79 Å². The van der Waals surface area contributed by atoms with E-state index in [2.05, 4.69) is 16.6 Å². The van der Waals surface area contributed by atoms with E-state index < -0.39 is 15.3 Å². The van der Waals surface area contributed by atoms with Crippen LogP contribution in [0.4, 0.5) is 0 Å². The zero-order valence-electron chi connectivity index (χ0n) is 14.2. The molecule has 1 amide bonds. The van der Waals surface area contributed by atoms with E-state index in [1.165, 1.54) is 0 Å². The molecule has 1 saturated heterocycles. The third kappa shape index (κ3) is 5.36. The molecule has 0 spiro atoms. The number of piperidine rings is 1. The Kier molecular flexibility index (Phi) is 6.41. The van der Waals surface area contributed by atoms with Crippen LogP contribution in [0.15, 0.2) is 30.3 Å². The highest BCUT2D eigenvalue weighted by atomic mass is 32.2. The Morgan fingerprint density at radius 3 is 2.71 bits per heavy atom. The molecule has 6 heteroatoms. The van der Waals surface area contributed by atoms with E-state index in [4.69, 9.17) is 0 Å². The zero-order chi connectivity index (χ0) is 17.6. The first-order valence-electron chi connectivity index (χ1n) is 8.23. The van der Waals surface area contributed by atoms with Crippen LogP contribution in [0.3, 0.4) is 0 Å². The van der Waals surface area contributed by atoms with Crippen LogP contribution >= 0.6 is 0 Å². The molecule has 1 aliphatic heterocycles. The lowest BCUT2D eigenvalue weighted by molar-refractivity contribution is -0.126. The van der Waals surface area contributed by atoms with Crippen LogP contribution in [-0.2, 0) is 14.8 Å². The molecule has 0 radical (unpaired) electrons. The Morgan fingerprint density at radius 1 is 1.33 bits per heavy atom. The summed E-state index contributed by atoms with van der Waals surface area (Å²) in [5.74, 6) is 5.49. The van der Waals surface area contributed by atoms with Gasteiger partial charge >= 0.3 is 0 Å². The quantitative estimate of drug-likeness (QED) is 0.841. The van der Waals surface area contributed by atoms with Crippen LogP contribution in [0.2, 0.25) is 0 Å². The monoisotopic (exact) mass is 348 g/mol. The summed E-state index contributed by atoms with van der Waals surface area (Å²) >= 11 is 0. The lowest BCUT2D eigenvalue weighted by Gasteiger charge is -2.31. The van der Waals surface area contributed by atoms with Gasteiger partial charge in [0.1, 0.15) is 0 Å². The average molecular weight is 348 g/mol. The summed E-state index contributed by atoms with van der Waals surface area (Å²) < 4.78 is 26.3. The highest BCUT2D eigenvalue weighted by molar-refractivity contribution is 7.90. The highest BCUT2D eigenvalue weighted by Gasteiger charge is 2.24. The molecule has 0 aromatic heterocycles. The molecule has 1 aliphatic rings. The van der Waals surface area contributed by atoms with E-state index in [1.54, 1.807) is 18.7 Å². The maximum absolute atomic E-state index is 12.2. The van der Waals surface area contributed by atoms with Crippen LogP contribution in [0.5, 0.6) is 0 Å². The van der Waals surface area contributed by atoms with E-state index in [-0.39, 0.29) is 11.8 Å². The first kappa shape index (κ1) is 18.5. The van der Waals surface area contributed by atoms with Crippen molar-refractivity contribution >= 4 is 15.9 Å². The molecule has 2 rings (SSSR count). The predicted molar refractivity (Wildman–Crippen MR) is 94.7 cm³/mol. The largest absolute Gasteiger partial charge is 0.332 e. The number of rotatable bonds is 4. The van der Waals surface area contributed by atoms with E-state index in [9.17, 15) is 13.2 Å². The Morgan fingerprint density at radius 2 is 2.04 bits per heavy atom. The van der Waals surface area contributed by atoms with Gasteiger partial charge in [0, 0.05) is 31.1 Å². The number of carbonyl (C=O) groups is 1. The third-order valence-corrected chi connectivity index (χ3v) is 5.90. The lowest BCUT2D eigenvalue weighted by atomic mass is 9.98. The Hall–Kier alpha value is -1.84. The minimum absolute atomic E-state index is 0.134. The number of sulfonamides is 1. The molecule has 0 aliphatic carbocycles. The molecular weight excluding hydrogens is 324 g/mol. The first-order valence-corrected chi connectivity index (χ1v) is 9.77. The molecule has 1 fully saturated rings. The van der Waals surface area contributed by atoms with Crippen LogP contribution in [0.25, 0.3) is 0 Å². The Labute approximate surface area is 144 Å². The number of benzene rings is 1. The summed E-state index contributed by atoms with van der Waals surface area (Å²) in [6, 6.07) is 9.39. The minimum atomic E-state index is -3.26. The maximum atomic E-state index is 12.2. The number of hydrogen-bond donors (Lipinski definition) is 1. The number of amides is 1. The van der Waals surface area contributed by atoms with Gasteiger partial charge in [-0.2, -0.15) is 0 Å². The highest BCUT2D eigenvalue weighted by Crippen LogP contribution is 2.16. The van der Waals surface area contributed by atoms with Gasteiger partial charge in [-0.25, -0.2) is 13.1 Å². The average Bonchev–Trinajstić information content (AvgIpc) is 2.59. The van der Waals surface area contributed by atoms with Crippen LogP contribution in [0.1, 0.15) is 32.3 Å². The molecule has 5 nitrogen and oxygen atoms in total. The summed E-state index contributed by atoms with van der Waals surface area (Å²) in [7, 11) is -3.26. The summed E-state index contributed by atoms with van der Waals surface area (Å²) in [5.41, 5.74) is 0.809. The number of nitrogens with one attached hydrogen (secondary N) is 1. The SMILES string of the molecule is CC(C)S(=O)(=O)NC[C@H]1CCCN(C(=O)C#Cc2ccccc2)C1. The molecule has 1 heterocycles. The summed E-state index contributed by atoms with van der Waals surface area (Å²) in [4.78, 5) is 14.0. The smallest absolute Gasteiger partial charge is 0.298 e. The molecule has 130 valence electrons. The molecular formula is C18H24N2O3S. The number of likely N-dealkylation sites (tertiary alicyclic amines) is 1. The van der Waals surface area contributed by atoms with Gasteiger partial charge < -0.3 is 4.90 Å².